The predicted octanol–water partition coefficient (Wildman–Crippen LogP) is 2.46. The maximum Gasteiger partial charge on any atom is 0.416 e. The Morgan fingerprint density at radius 1 is 1.22 bits per heavy atom. The number of nitrogens with two attached hydrogens (primary N) is 1. The van der Waals surface area contributed by atoms with Gasteiger partial charge in [0.05, 0.1) is 11.1 Å². The van der Waals surface area contributed by atoms with E-state index >= 15 is 0 Å². The van der Waals surface area contributed by atoms with Crippen molar-refractivity contribution in [3.8, 4) is 0 Å². The lowest BCUT2D eigenvalue weighted by atomic mass is 10.1. The number of hydrogen-bond acceptors (Lipinski definition) is 3. The van der Waals surface area contributed by atoms with Gasteiger partial charge in [-0.05, 0) is 25.6 Å². The van der Waals surface area contributed by atoms with Crippen LogP contribution in [0.3, 0.4) is 0 Å². The SMILES string of the molecule is Cc1nc(CCN)nc2cc(C(F)(F)F)ccc12. The lowest BCUT2D eigenvalue weighted by molar-refractivity contribution is -0.137. The number of aryl methyl sites for hydroxylation is 1. The number of alkyl halides is 3. The van der Waals surface area contributed by atoms with E-state index in [1.165, 1.54) is 6.07 Å². The number of hydrogen-bond donors (Lipinski definition) is 1. The Morgan fingerprint density at radius 3 is 2.56 bits per heavy atom. The van der Waals surface area contributed by atoms with E-state index in [0.717, 1.165) is 12.1 Å². The van der Waals surface area contributed by atoms with Gasteiger partial charge in [0.15, 0.2) is 0 Å². The first-order valence-corrected chi connectivity index (χ1v) is 5.46. The summed E-state index contributed by atoms with van der Waals surface area (Å²) in [5, 5.41) is 0.628. The molecule has 0 fully saturated rings. The minimum Gasteiger partial charge on any atom is -0.330 e. The van der Waals surface area contributed by atoms with Gasteiger partial charge in [-0.1, -0.05) is 6.07 Å². The van der Waals surface area contributed by atoms with Gasteiger partial charge in [-0.25, -0.2) is 9.97 Å². The summed E-state index contributed by atoms with van der Waals surface area (Å²) >= 11 is 0. The fraction of sp³-hybridized carbons (Fsp3) is 0.333. The average Bonchev–Trinajstić information content (AvgIpc) is 2.27. The minimum atomic E-state index is -4.36. The largest absolute Gasteiger partial charge is 0.416 e. The van der Waals surface area contributed by atoms with E-state index in [4.69, 9.17) is 5.73 Å². The van der Waals surface area contributed by atoms with Crippen LogP contribution in [0.2, 0.25) is 0 Å². The normalized spacial score (nSPS) is 12.1. The second-order valence-corrected chi connectivity index (χ2v) is 3.99. The molecule has 0 saturated carbocycles. The van der Waals surface area contributed by atoms with Gasteiger partial charge >= 0.3 is 6.18 Å². The molecular formula is C12H12F3N3. The van der Waals surface area contributed by atoms with Gasteiger partial charge in [0.25, 0.3) is 0 Å². The summed E-state index contributed by atoms with van der Waals surface area (Å²) < 4.78 is 37.8. The van der Waals surface area contributed by atoms with E-state index in [0.29, 0.717) is 35.4 Å². The molecule has 6 heteroatoms. The van der Waals surface area contributed by atoms with Crippen molar-refractivity contribution >= 4 is 10.9 Å². The predicted molar refractivity (Wildman–Crippen MR) is 62.0 cm³/mol. The number of fused-ring (bicyclic) bond motifs is 1. The van der Waals surface area contributed by atoms with Crippen molar-refractivity contribution in [1.29, 1.82) is 0 Å². The second-order valence-electron chi connectivity index (χ2n) is 3.99. The average molecular weight is 255 g/mol. The number of nitrogens with zero attached hydrogens (tertiary/aromatic N) is 2. The molecule has 0 amide bonds. The van der Waals surface area contributed by atoms with Gasteiger partial charge in [0, 0.05) is 17.5 Å². The lowest BCUT2D eigenvalue weighted by Gasteiger charge is -2.09. The van der Waals surface area contributed by atoms with Crippen LogP contribution in [0.25, 0.3) is 10.9 Å². The van der Waals surface area contributed by atoms with Crippen molar-refractivity contribution in [2.45, 2.75) is 19.5 Å². The van der Waals surface area contributed by atoms with Crippen molar-refractivity contribution in [3.63, 3.8) is 0 Å². The molecule has 0 saturated heterocycles. The molecule has 2 rings (SSSR count). The highest BCUT2D eigenvalue weighted by Crippen LogP contribution is 2.31. The zero-order valence-corrected chi connectivity index (χ0v) is 9.75. The molecule has 2 aromatic rings. The van der Waals surface area contributed by atoms with E-state index in [2.05, 4.69) is 9.97 Å². The number of benzene rings is 1. The highest BCUT2D eigenvalue weighted by atomic mass is 19.4. The first kappa shape index (κ1) is 12.8. The fourth-order valence-electron chi connectivity index (χ4n) is 1.77. The molecule has 18 heavy (non-hydrogen) atoms. The van der Waals surface area contributed by atoms with Gasteiger partial charge < -0.3 is 5.73 Å². The molecule has 96 valence electrons. The van der Waals surface area contributed by atoms with Crippen LogP contribution >= 0.6 is 0 Å². The Labute approximate surface area is 102 Å². The standard InChI is InChI=1S/C12H12F3N3/c1-7-9-3-2-8(12(13,14)15)6-10(9)18-11(17-7)4-5-16/h2-3,6H,4-5,16H2,1H3. The summed E-state index contributed by atoms with van der Waals surface area (Å²) in [6.45, 7) is 2.11. The first-order chi connectivity index (χ1) is 8.41. The molecule has 1 aromatic heterocycles. The molecule has 3 nitrogen and oxygen atoms in total. The summed E-state index contributed by atoms with van der Waals surface area (Å²) in [6.07, 6.45) is -3.91. The minimum absolute atomic E-state index is 0.306. The van der Waals surface area contributed by atoms with E-state index < -0.39 is 11.7 Å². The number of aromatic nitrogens is 2. The molecule has 0 aliphatic rings. The van der Waals surface area contributed by atoms with Gasteiger partial charge in [-0.2, -0.15) is 13.2 Å². The Hall–Kier alpha value is -1.69. The third-order valence-corrected chi connectivity index (χ3v) is 2.63. The maximum atomic E-state index is 12.6. The van der Waals surface area contributed by atoms with Crippen LogP contribution in [-0.4, -0.2) is 16.5 Å². The van der Waals surface area contributed by atoms with Crippen LogP contribution < -0.4 is 5.73 Å². The highest BCUT2D eigenvalue weighted by Gasteiger charge is 2.30. The maximum absolute atomic E-state index is 12.6. The molecule has 1 heterocycles. The number of rotatable bonds is 2. The Bertz CT molecular complexity index is 579. The molecule has 0 aliphatic carbocycles. The summed E-state index contributed by atoms with van der Waals surface area (Å²) in [5.74, 6) is 0.474. The third kappa shape index (κ3) is 2.43. The van der Waals surface area contributed by atoms with Crippen LogP contribution in [0.15, 0.2) is 18.2 Å². The summed E-state index contributed by atoms with van der Waals surface area (Å²) in [5.41, 5.74) is 5.66. The van der Waals surface area contributed by atoms with Crippen molar-refractivity contribution in [2.75, 3.05) is 6.54 Å². The molecule has 0 aliphatic heterocycles. The van der Waals surface area contributed by atoms with Crippen LogP contribution in [0, 0.1) is 6.92 Å². The number of halogens is 3. The quantitative estimate of drug-likeness (QED) is 0.896. The van der Waals surface area contributed by atoms with Crippen LogP contribution in [0.1, 0.15) is 17.1 Å². The van der Waals surface area contributed by atoms with E-state index in [1.807, 2.05) is 0 Å². The summed E-state index contributed by atoms with van der Waals surface area (Å²) in [4.78, 5) is 8.32. The lowest BCUT2D eigenvalue weighted by Crippen LogP contribution is -2.09. The van der Waals surface area contributed by atoms with Crippen molar-refractivity contribution in [3.05, 3.63) is 35.3 Å². The molecule has 0 atom stereocenters. The molecule has 2 N–H and O–H groups in total. The highest BCUT2D eigenvalue weighted by molar-refractivity contribution is 5.81. The zero-order chi connectivity index (χ0) is 13.3. The van der Waals surface area contributed by atoms with Crippen LogP contribution in [0.4, 0.5) is 13.2 Å². The van der Waals surface area contributed by atoms with Gasteiger partial charge in [-0.3, -0.25) is 0 Å². The Balaban J connectivity index is 2.60. The summed E-state index contributed by atoms with van der Waals surface area (Å²) in [6, 6.07) is 3.49. The van der Waals surface area contributed by atoms with Gasteiger partial charge in [0.1, 0.15) is 5.82 Å². The summed E-state index contributed by atoms with van der Waals surface area (Å²) in [7, 11) is 0. The van der Waals surface area contributed by atoms with Crippen LogP contribution in [-0.2, 0) is 12.6 Å². The first-order valence-electron chi connectivity index (χ1n) is 5.46. The van der Waals surface area contributed by atoms with Crippen molar-refractivity contribution < 1.29 is 13.2 Å². The Morgan fingerprint density at radius 2 is 1.94 bits per heavy atom. The van der Waals surface area contributed by atoms with E-state index in [1.54, 1.807) is 6.92 Å². The molecular weight excluding hydrogens is 243 g/mol. The second kappa shape index (κ2) is 4.53. The molecule has 1 aromatic carbocycles. The van der Waals surface area contributed by atoms with E-state index in [-0.39, 0.29) is 0 Å². The fourth-order valence-corrected chi connectivity index (χ4v) is 1.77. The van der Waals surface area contributed by atoms with Crippen LogP contribution in [0.5, 0.6) is 0 Å². The third-order valence-electron chi connectivity index (χ3n) is 2.63. The van der Waals surface area contributed by atoms with E-state index in [9.17, 15) is 13.2 Å². The van der Waals surface area contributed by atoms with Crippen molar-refractivity contribution in [2.24, 2.45) is 5.73 Å². The smallest absolute Gasteiger partial charge is 0.330 e. The molecule has 0 radical (unpaired) electrons. The molecule has 0 spiro atoms. The Kier molecular flexibility index (Phi) is 3.21. The van der Waals surface area contributed by atoms with Crippen molar-refractivity contribution in [1.82, 2.24) is 9.97 Å². The topological polar surface area (TPSA) is 51.8 Å². The van der Waals surface area contributed by atoms with Gasteiger partial charge in [0.2, 0.25) is 0 Å². The van der Waals surface area contributed by atoms with Gasteiger partial charge in [-0.15, -0.1) is 0 Å². The molecule has 0 bridgehead atoms. The zero-order valence-electron chi connectivity index (χ0n) is 9.75. The molecule has 0 unspecified atom stereocenters. The monoisotopic (exact) mass is 255 g/mol.